The van der Waals surface area contributed by atoms with Crippen molar-refractivity contribution in [3.05, 3.63) is 24.1 Å². The molecule has 1 aliphatic heterocycles. The van der Waals surface area contributed by atoms with E-state index in [-0.39, 0.29) is 0 Å². The van der Waals surface area contributed by atoms with E-state index in [9.17, 15) is 22.8 Å². The average molecular weight is 247 g/mol. The Morgan fingerprint density at radius 3 is 2.35 bits per heavy atom. The van der Waals surface area contributed by atoms with Crippen LogP contribution in [0.3, 0.4) is 0 Å². The van der Waals surface area contributed by atoms with Crippen molar-refractivity contribution in [3.8, 4) is 0 Å². The first-order valence-electron chi connectivity index (χ1n) is 4.59. The topological polar surface area (TPSA) is 66.7 Å². The zero-order chi connectivity index (χ0) is 13.1. The van der Waals surface area contributed by atoms with Gasteiger partial charge in [0.2, 0.25) is 0 Å². The summed E-state index contributed by atoms with van der Waals surface area (Å²) in [5.41, 5.74) is -1.77. The minimum Gasteiger partial charge on any atom is -0.475 e. The molecule has 1 atom stereocenters. The molecule has 0 aromatic carbocycles. The molecule has 0 aliphatic carbocycles. The molecule has 0 bridgehead atoms. The summed E-state index contributed by atoms with van der Waals surface area (Å²) < 4.78 is 36.3. The lowest BCUT2D eigenvalue weighted by atomic mass is 9.89. The first kappa shape index (κ1) is 13.1. The highest BCUT2D eigenvalue weighted by Crippen LogP contribution is 2.28. The number of rotatable bonds is 5. The van der Waals surface area contributed by atoms with Gasteiger partial charge >= 0.3 is 12.0 Å². The van der Waals surface area contributed by atoms with Gasteiger partial charge in [0, 0.05) is 12.6 Å². The van der Waals surface area contributed by atoms with Crippen LogP contribution in [0, 0.1) is 0 Å². The predicted molar refractivity (Wildman–Crippen MR) is 52.6 cm³/mol. The molecule has 0 saturated heterocycles. The lowest BCUT2D eigenvalue weighted by molar-refractivity contribution is -0.150. The van der Waals surface area contributed by atoms with Gasteiger partial charge in [-0.1, -0.05) is 0 Å². The molecule has 0 saturated carbocycles. The monoisotopic (exact) mass is 247 g/mol. The minimum atomic E-state index is -2.48. The van der Waals surface area contributed by atoms with Gasteiger partial charge in [-0.25, -0.2) is 9.18 Å². The zero-order valence-corrected chi connectivity index (χ0v) is 8.49. The summed E-state index contributed by atoms with van der Waals surface area (Å²) in [5, 5.41) is 8.57. The minimum absolute atomic E-state index is 0.450. The fourth-order valence-corrected chi connectivity index (χ4v) is 1.40. The number of aliphatic carboxylic acids is 1. The number of Topliss-reactive ketones (excluding diaryl/α,β-unsaturated/α-hetero) is 1. The van der Waals surface area contributed by atoms with E-state index >= 15 is 0 Å². The van der Waals surface area contributed by atoms with Crippen molar-refractivity contribution in [2.24, 2.45) is 4.99 Å². The molecule has 0 amide bonds. The molecule has 1 N–H and O–H groups in total. The molecule has 4 nitrogen and oxygen atoms in total. The van der Waals surface area contributed by atoms with Gasteiger partial charge in [-0.05, 0) is 18.6 Å². The number of nitrogens with zero attached hydrogens (tertiary/aromatic N) is 1. The van der Waals surface area contributed by atoms with Crippen molar-refractivity contribution < 1.29 is 27.9 Å². The molecule has 0 spiro atoms. The molecule has 0 aromatic rings. The van der Waals surface area contributed by atoms with Gasteiger partial charge in [0.1, 0.15) is 5.54 Å². The number of carboxylic acids is 1. The Morgan fingerprint density at radius 2 is 1.94 bits per heavy atom. The molecule has 7 heteroatoms. The van der Waals surface area contributed by atoms with Crippen molar-refractivity contribution in [2.75, 3.05) is 0 Å². The van der Waals surface area contributed by atoms with E-state index < -0.39 is 42.0 Å². The summed E-state index contributed by atoms with van der Waals surface area (Å²) in [5.74, 6) is -4.67. The number of carbonyl (C=O) groups is 2. The summed E-state index contributed by atoms with van der Waals surface area (Å²) in [4.78, 5) is 25.5. The van der Waals surface area contributed by atoms with Crippen LogP contribution in [-0.2, 0) is 9.59 Å². The van der Waals surface area contributed by atoms with Gasteiger partial charge in [0.25, 0.3) is 5.78 Å². The molecule has 1 unspecified atom stereocenters. The molecule has 0 fully saturated rings. The number of allylic oxidation sites excluding steroid dienone is 2. The number of halogens is 3. The van der Waals surface area contributed by atoms with Gasteiger partial charge in [-0.2, -0.15) is 8.78 Å². The Kier molecular flexibility index (Phi) is 3.82. The first-order chi connectivity index (χ1) is 7.89. The Hall–Kier alpha value is -1.92. The van der Waals surface area contributed by atoms with Gasteiger partial charge in [0.05, 0.1) is 0 Å². The zero-order valence-electron chi connectivity index (χ0n) is 8.49. The summed E-state index contributed by atoms with van der Waals surface area (Å²) in [6, 6.07) is 0. The quantitative estimate of drug-likeness (QED) is 0.754. The molecule has 1 aliphatic rings. The summed E-state index contributed by atoms with van der Waals surface area (Å²) in [6.07, 6.45) is -0.0268. The van der Waals surface area contributed by atoms with E-state index in [1.807, 2.05) is 0 Å². The SMILES string of the molecule is O=C(O)C(=O)C1(CCC(F)=C(F)F)C=CC=N1. The highest BCUT2D eigenvalue weighted by Gasteiger charge is 2.40. The maximum Gasteiger partial charge on any atom is 0.375 e. The summed E-state index contributed by atoms with van der Waals surface area (Å²) >= 11 is 0. The van der Waals surface area contributed by atoms with E-state index in [4.69, 9.17) is 5.11 Å². The van der Waals surface area contributed by atoms with Crippen molar-refractivity contribution in [3.63, 3.8) is 0 Å². The lowest BCUT2D eigenvalue weighted by Gasteiger charge is -2.19. The molecule has 17 heavy (non-hydrogen) atoms. The number of aliphatic imine (C=N–C) groups is 1. The number of hydrogen-bond donors (Lipinski definition) is 1. The van der Waals surface area contributed by atoms with Crippen molar-refractivity contribution in [1.29, 1.82) is 0 Å². The second-order valence-corrected chi connectivity index (χ2v) is 3.36. The third-order valence-electron chi connectivity index (χ3n) is 2.28. The molecule has 1 heterocycles. The molecular formula is C10H8F3NO3. The predicted octanol–water partition coefficient (Wildman–Crippen LogP) is 1.88. The maximum atomic E-state index is 12.6. The van der Waals surface area contributed by atoms with E-state index in [0.717, 1.165) is 6.08 Å². The van der Waals surface area contributed by atoms with Crippen LogP contribution in [-0.4, -0.2) is 28.6 Å². The molecule has 0 aromatic heterocycles. The van der Waals surface area contributed by atoms with Crippen molar-refractivity contribution in [1.82, 2.24) is 0 Å². The third kappa shape index (κ3) is 2.80. The fraction of sp³-hybridized carbons (Fsp3) is 0.300. The van der Waals surface area contributed by atoms with Crippen LogP contribution < -0.4 is 0 Å². The summed E-state index contributed by atoms with van der Waals surface area (Å²) in [6.45, 7) is 0. The highest BCUT2D eigenvalue weighted by atomic mass is 19.3. The van der Waals surface area contributed by atoms with Crippen LogP contribution >= 0.6 is 0 Å². The van der Waals surface area contributed by atoms with Gasteiger partial charge in [-0.3, -0.25) is 9.79 Å². The molecular weight excluding hydrogens is 239 g/mol. The molecule has 1 rings (SSSR count). The second-order valence-electron chi connectivity index (χ2n) is 3.36. The molecule has 0 radical (unpaired) electrons. The van der Waals surface area contributed by atoms with Crippen LogP contribution in [0.5, 0.6) is 0 Å². The number of hydrogen-bond acceptors (Lipinski definition) is 3. The van der Waals surface area contributed by atoms with Gasteiger partial charge in [-0.15, -0.1) is 0 Å². The van der Waals surface area contributed by atoms with E-state index in [2.05, 4.69) is 4.99 Å². The van der Waals surface area contributed by atoms with E-state index in [1.54, 1.807) is 0 Å². The van der Waals surface area contributed by atoms with Crippen LogP contribution in [0.1, 0.15) is 12.8 Å². The van der Waals surface area contributed by atoms with Crippen LogP contribution in [0.4, 0.5) is 13.2 Å². The van der Waals surface area contributed by atoms with Crippen molar-refractivity contribution >= 4 is 18.0 Å². The third-order valence-corrected chi connectivity index (χ3v) is 2.28. The van der Waals surface area contributed by atoms with Crippen LogP contribution in [0.2, 0.25) is 0 Å². The first-order valence-corrected chi connectivity index (χ1v) is 4.59. The lowest BCUT2D eigenvalue weighted by Crippen LogP contribution is -2.38. The largest absolute Gasteiger partial charge is 0.475 e. The van der Waals surface area contributed by atoms with Gasteiger partial charge in [0.15, 0.2) is 5.83 Å². The smallest absolute Gasteiger partial charge is 0.375 e. The van der Waals surface area contributed by atoms with Crippen LogP contribution in [0.15, 0.2) is 29.1 Å². The number of ketones is 1. The fourth-order valence-electron chi connectivity index (χ4n) is 1.40. The van der Waals surface area contributed by atoms with Gasteiger partial charge < -0.3 is 5.11 Å². The van der Waals surface area contributed by atoms with Crippen molar-refractivity contribution in [2.45, 2.75) is 18.4 Å². The second kappa shape index (κ2) is 4.94. The van der Waals surface area contributed by atoms with E-state index in [1.165, 1.54) is 12.3 Å². The Balaban J connectivity index is 2.86. The average Bonchev–Trinajstić information content (AvgIpc) is 2.74. The Labute approximate surface area is 94.1 Å². The van der Waals surface area contributed by atoms with Crippen LogP contribution in [0.25, 0.3) is 0 Å². The number of carboxylic acid groups (broad SMARTS) is 1. The normalized spacial score (nSPS) is 21.6. The summed E-state index contributed by atoms with van der Waals surface area (Å²) in [7, 11) is 0. The van der Waals surface area contributed by atoms with E-state index in [0.29, 0.717) is 0 Å². The standard InChI is InChI=1S/C10H8F3NO3/c11-6(8(12)13)2-4-10(3-1-5-14-10)7(15)9(16)17/h1,3,5H,2,4H2,(H,16,17). The maximum absolute atomic E-state index is 12.6. The number of carbonyl (C=O) groups excluding carboxylic acids is 1. The Bertz CT molecular complexity index is 424. The molecule has 92 valence electrons. The highest BCUT2D eigenvalue weighted by molar-refractivity contribution is 6.37. The Morgan fingerprint density at radius 1 is 1.29 bits per heavy atom.